The standard InChI is InChI=1S/C12H22O2/c1-9(2)12(5,14)7-6-10(3)11(4)8-13/h13-14H,1,6-8H2,2-5H3. The fraction of sp³-hybridized carbons (Fsp3) is 0.667. The van der Waals surface area contributed by atoms with Crippen molar-refractivity contribution in [3.05, 3.63) is 23.3 Å². The summed E-state index contributed by atoms with van der Waals surface area (Å²) in [5.74, 6) is 0. The van der Waals surface area contributed by atoms with E-state index in [1.54, 1.807) is 6.92 Å². The van der Waals surface area contributed by atoms with E-state index < -0.39 is 5.60 Å². The first-order valence-corrected chi connectivity index (χ1v) is 4.95. The Bertz CT molecular complexity index is 237. The lowest BCUT2D eigenvalue weighted by Gasteiger charge is -2.24. The van der Waals surface area contributed by atoms with Crippen LogP contribution in [0.4, 0.5) is 0 Å². The van der Waals surface area contributed by atoms with Gasteiger partial charge in [0.05, 0.1) is 12.2 Å². The van der Waals surface area contributed by atoms with Crippen molar-refractivity contribution in [1.29, 1.82) is 0 Å². The van der Waals surface area contributed by atoms with Crippen LogP contribution in [0, 0.1) is 0 Å². The zero-order valence-electron chi connectivity index (χ0n) is 9.72. The van der Waals surface area contributed by atoms with Gasteiger partial charge >= 0.3 is 0 Å². The van der Waals surface area contributed by atoms with Gasteiger partial charge in [0.1, 0.15) is 0 Å². The minimum Gasteiger partial charge on any atom is -0.392 e. The van der Waals surface area contributed by atoms with E-state index in [4.69, 9.17) is 5.11 Å². The van der Waals surface area contributed by atoms with Crippen molar-refractivity contribution in [2.75, 3.05) is 6.61 Å². The van der Waals surface area contributed by atoms with Crippen molar-refractivity contribution in [2.24, 2.45) is 0 Å². The molecule has 0 aliphatic carbocycles. The maximum Gasteiger partial charge on any atom is 0.0826 e. The molecule has 0 rings (SSSR count). The molecule has 0 aromatic carbocycles. The summed E-state index contributed by atoms with van der Waals surface area (Å²) in [6.45, 7) is 11.4. The monoisotopic (exact) mass is 198 g/mol. The topological polar surface area (TPSA) is 40.5 Å². The number of hydrogen-bond acceptors (Lipinski definition) is 2. The molecule has 0 amide bonds. The Morgan fingerprint density at radius 1 is 1.21 bits per heavy atom. The van der Waals surface area contributed by atoms with Gasteiger partial charge in [-0.05, 0) is 51.7 Å². The van der Waals surface area contributed by atoms with Crippen molar-refractivity contribution in [3.8, 4) is 0 Å². The van der Waals surface area contributed by atoms with Crippen LogP contribution in [0.2, 0.25) is 0 Å². The zero-order chi connectivity index (χ0) is 11.4. The summed E-state index contributed by atoms with van der Waals surface area (Å²) in [5, 5.41) is 18.8. The van der Waals surface area contributed by atoms with Crippen LogP contribution in [0.1, 0.15) is 40.5 Å². The molecule has 2 nitrogen and oxygen atoms in total. The third-order valence-electron chi connectivity index (χ3n) is 2.87. The predicted molar refractivity (Wildman–Crippen MR) is 60.1 cm³/mol. The van der Waals surface area contributed by atoms with E-state index in [1.165, 1.54) is 0 Å². The molecule has 0 saturated heterocycles. The molecule has 0 spiro atoms. The molecular weight excluding hydrogens is 176 g/mol. The first kappa shape index (κ1) is 13.4. The molecule has 0 fully saturated rings. The highest BCUT2D eigenvalue weighted by molar-refractivity contribution is 5.13. The fourth-order valence-electron chi connectivity index (χ4n) is 0.993. The zero-order valence-corrected chi connectivity index (χ0v) is 9.72. The van der Waals surface area contributed by atoms with Crippen LogP contribution < -0.4 is 0 Å². The van der Waals surface area contributed by atoms with Crippen LogP contribution in [0.5, 0.6) is 0 Å². The van der Waals surface area contributed by atoms with Crippen LogP contribution in [0.15, 0.2) is 23.3 Å². The van der Waals surface area contributed by atoms with Gasteiger partial charge < -0.3 is 10.2 Å². The normalized spacial score (nSPS) is 17.3. The second-order valence-electron chi connectivity index (χ2n) is 4.27. The Morgan fingerprint density at radius 3 is 2.07 bits per heavy atom. The average Bonchev–Trinajstić information content (AvgIpc) is 2.12. The number of rotatable bonds is 5. The summed E-state index contributed by atoms with van der Waals surface area (Å²) in [7, 11) is 0. The van der Waals surface area contributed by atoms with Gasteiger partial charge in [-0.25, -0.2) is 0 Å². The van der Waals surface area contributed by atoms with E-state index >= 15 is 0 Å². The molecule has 0 aliphatic heterocycles. The molecule has 82 valence electrons. The Labute approximate surface area is 87.0 Å². The molecule has 0 bridgehead atoms. The molecule has 0 heterocycles. The molecule has 2 N–H and O–H groups in total. The van der Waals surface area contributed by atoms with Crippen LogP contribution in [0.3, 0.4) is 0 Å². The van der Waals surface area contributed by atoms with E-state index in [0.29, 0.717) is 6.42 Å². The number of allylic oxidation sites excluding steroid dienone is 1. The molecule has 0 aromatic heterocycles. The molecule has 14 heavy (non-hydrogen) atoms. The van der Waals surface area contributed by atoms with Gasteiger partial charge in [0, 0.05) is 0 Å². The largest absolute Gasteiger partial charge is 0.392 e. The van der Waals surface area contributed by atoms with E-state index in [9.17, 15) is 5.11 Å². The molecule has 0 saturated carbocycles. The first-order valence-electron chi connectivity index (χ1n) is 4.95. The maximum atomic E-state index is 9.91. The number of aliphatic hydroxyl groups excluding tert-OH is 1. The lowest BCUT2D eigenvalue weighted by Crippen LogP contribution is -2.24. The summed E-state index contributed by atoms with van der Waals surface area (Å²) in [6.07, 6.45) is 1.46. The van der Waals surface area contributed by atoms with Crippen molar-refractivity contribution in [1.82, 2.24) is 0 Å². The molecule has 0 aliphatic rings. The highest BCUT2D eigenvalue weighted by Crippen LogP contribution is 2.23. The molecular formula is C12H22O2. The Morgan fingerprint density at radius 2 is 1.71 bits per heavy atom. The third-order valence-corrected chi connectivity index (χ3v) is 2.87. The Kier molecular flexibility index (Phi) is 5.09. The van der Waals surface area contributed by atoms with Gasteiger partial charge in [-0.15, -0.1) is 0 Å². The molecule has 1 atom stereocenters. The third kappa shape index (κ3) is 4.07. The van der Waals surface area contributed by atoms with Crippen LogP contribution >= 0.6 is 0 Å². The van der Waals surface area contributed by atoms with E-state index in [0.717, 1.165) is 23.1 Å². The molecule has 0 radical (unpaired) electrons. The van der Waals surface area contributed by atoms with Crippen LogP contribution in [-0.4, -0.2) is 22.4 Å². The van der Waals surface area contributed by atoms with Crippen molar-refractivity contribution >= 4 is 0 Å². The predicted octanol–water partition coefficient (Wildman–Crippen LogP) is 2.42. The van der Waals surface area contributed by atoms with E-state index in [1.807, 2.05) is 20.8 Å². The number of aliphatic hydroxyl groups is 2. The van der Waals surface area contributed by atoms with Gasteiger partial charge in [0.25, 0.3) is 0 Å². The van der Waals surface area contributed by atoms with Gasteiger partial charge in [0.2, 0.25) is 0 Å². The summed E-state index contributed by atoms with van der Waals surface area (Å²) >= 11 is 0. The smallest absolute Gasteiger partial charge is 0.0826 e. The van der Waals surface area contributed by atoms with Gasteiger partial charge in [0.15, 0.2) is 0 Å². The Hall–Kier alpha value is -0.600. The van der Waals surface area contributed by atoms with Gasteiger partial charge in [-0.3, -0.25) is 0 Å². The van der Waals surface area contributed by atoms with Gasteiger partial charge in [-0.1, -0.05) is 12.2 Å². The van der Waals surface area contributed by atoms with Gasteiger partial charge in [-0.2, -0.15) is 0 Å². The molecule has 1 unspecified atom stereocenters. The molecule has 0 aromatic rings. The summed E-state index contributed by atoms with van der Waals surface area (Å²) in [5.41, 5.74) is 2.13. The van der Waals surface area contributed by atoms with Crippen molar-refractivity contribution < 1.29 is 10.2 Å². The van der Waals surface area contributed by atoms with E-state index in [2.05, 4.69) is 6.58 Å². The van der Waals surface area contributed by atoms with E-state index in [-0.39, 0.29) is 6.61 Å². The minimum atomic E-state index is -0.795. The summed E-state index contributed by atoms with van der Waals surface area (Å²) < 4.78 is 0. The molecule has 2 heteroatoms. The van der Waals surface area contributed by atoms with Crippen molar-refractivity contribution in [2.45, 2.75) is 46.1 Å². The lowest BCUT2D eigenvalue weighted by atomic mass is 9.90. The lowest BCUT2D eigenvalue weighted by molar-refractivity contribution is 0.0897. The Balaban J connectivity index is 4.26. The second kappa shape index (κ2) is 5.32. The highest BCUT2D eigenvalue weighted by atomic mass is 16.3. The average molecular weight is 198 g/mol. The second-order valence-corrected chi connectivity index (χ2v) is 4.27. The fourth-order valence-corrected chi connectivity index (χ4v) is 0.993. The number of hydrogen-bond donors (Lipinski definition) is 2. The first-order chi connectivity index (χ1) is 6.31. The SMILES string of the molecule is C=C(C)C(C)(O)CCC(C)=C(C)CO. The minimum absolute atomic E-state index is 0.0983. The maximum absolute atomic E-state index is 9.91. The highest BCUT2D eigenvalue weighted by Gasteiger charge is 2.20. The van der Waals surface area contributed by atoms with Crippen LogP contribution in [0.25, 0.3) is 0 Å². The summed E-state index contributed by atoms with van der Waals surface area (Å²) in [4.78, 5) is 0. The summed E-state index contributed by atoms with van der Waals surface area (Å²) in [6, 6.07) is 0. The van der Waals surface area contributed by atoms with Crippen LogP contribution in [-0.2, 0) is 0 Å². The quantitative estimate of drug-likeness (QED) is 0.666. The van der Waals surface area contributed by atoms with Crippen molar-refractivity contribution in [3.63, 3.8) is 0 Å².